The van der Waals surface area contributed by atoms with Gasteiger partial charge in [0.15, 0.2) is 0 Å². The number of aromatic nitrogens is 1. The third kappa shape index (κ3) is 5.46. The van der Waals surface area contributed by atoms with Gasteiger partial charge in [-0.2, -0.15) is 0 Å². The first-order valence-corrected chi connectivity index (χ1v) is 11.8. The molecule has 1 heterocycles. The highest BCUT2D eigenvalue weighted by Gasteiger charge is 2.27. The van der Waals surface area contributed by atoms with Gasteiger partial charge in [0.05, 0.1) is 6.54 Å². The van der Waals surface area contributed by atoms with Crippen molar-refractivity contribution in [2.24, 2.45) is 0 Å². The van der Waals surface area contributed by atoms with Crippen LogP contribution in [0.3, 0.4) is 0 Å². The summed E-state index contributed by atoms with van der Waals surface area (Å²) in [5.41, 5.74) is 2.66. The summed E-state index contributed by atoms with van der Waals surface area (Å²) in [4.78, 5) is 15.6. The van der Waals surface area contributed by atoms with Crippen LogP contribution in [0.5, 0.6) is 0 Å². The van der Waals surface area contributed by atoms with Gasteiger partial charge in [0.25, 0.3) is 5.91 Å². The van der Waals surface area contributed by atoms with E-state index >= 15 is 0 Å². The minimum atomic E-state index is -0.0261. The largest absolute Gasteiger partial charge is 0.345 e. The van der Waals surface area contributed by atoms with Crippen LogP contribution in [0.2, 0.25) is 15.1 Å². The molecule has 0 saturated heterocycles. The molecule has 1 amide bonds. The van der Waals surface area contributed by atoms with Gasteiger partial charge >= 0.3 is 0 Å². The molecule has 4 rings (SSSR count). The normalized spacial score (nSPS) is 14.5. The lowest BCUT2D eigenvalue weighted by Gasteiger charge is -2.35. The Kier molecular flexibility index (Phi) is 7.27. The van der Waals surface area contributed by atoms with E-state index in [0.717, 1.165) is 42.0 Å². The summed E-state index contributed by atoms with van der Waals surface area (Å²) in [6.07, 6.45) is 7.59. The van der Waals surface area contributed by atoms with Gasteiger partial charge in [-0.15, -0.1) is 0 Å². The summed E-state index contributed by atoms with van der Waals surface area (Å²) < 4.78 is 2.16. The summed E-state index contributed by atoms with van der Waals surface area (Å²) in [6, 6.07) is 17.2. The summed E-state index contributed by atoms with van der Waals surface area (Å²) in [6.45, 7) is 1.20. The predicted octanol–water partition coefficient (Wildman–Crippen LogP) is 7.47. The number of rotatable bonds is 6. The second-order valence-corrected chi connectivity index (χ2v) is 9.38. The highest BCUT2D eigenvalue weighted by atomic mass is 35.5. The monoisotopic (exact) mass is 474 g/mol. The topological polar surface area (TPSA) is 25.2 Å². The molecule has 3 aromatic rings. The molecule has 1 aliphatic rings. The second-order valence-electron chi connectivity index (χ2n) is 8.10. The van der Waals surface area contributed by atoms with E-state index in [0.29, 0.717) is 28.7 Å². The van der Waals surface area contributed by atoms with Crippen molar-refractivity contribution in [3.05, 3.63) is 92.7 Å². The number of carbonyl (C=O) groups is 1. The number of halogens is 3. The lowest BCUT2D eigenvalue weighted by molar-refractivity contribution is 0.0608. The van der Waals surface area contributed by atoms with Crippen molar-refractivity contribution >= 4 is 40.7 Å². The highest BCUT2D eigenvalue weighted by Crippen LogP contribution is 2.28. The molecule has 0 unspecified atom stereocenters. The number of amides is 1. The molecular formula is C25H25Cl3N2O. The maximum Gasteiger partial charge on any atom is 0.254 e. The first kappa shape index (κ1) is 22.3. The number of carbonyl (C=O) groups excluding carboxylic acids is 1. The zero-order valence-corrected chi connectivity index (χ0v) is 19.5. The van der Waals surface area contributed by atoms with Crippen LogP contribution in [0.25, 0.3) is 0 Å². The van der Waals surface area contributed by atoms with Gasteiger partial charge in [-0.05, 0) is 54.8 Å². The van der Waals surface area contributed by atoms with E-state index in [1.165, 1.54) is 6.42 Å². The van der Waals surface area contributed by atoms with E-state index in [9.17, 15) is 4.79 Å². The molecule has 0 radical (unpaired) electrons. The van der Waals surface area contributed by atoms with Crippen LogP contribution < -0.4 is 0 Å². The molecule has 31 heavy (non-hydrogen) atoms. The van der Waals surface area contributed by atoms with Crippen LogP contribution in [0.4, 0.5) is 0 Å². The van der Waals surface area contributed by atoms with E-state index in [2.05, 4.69) is 10.6 Å². The van der Waals surface area contributed by atoms with Gasteiger partial charge < -0.3 is 9.47 Å². The molecule has 1 aliphatic carbocycles. The van der Waals surface area contributed by atoms with Crippen molar-refractivity contribution in [2.75, 3.05) is 0 Å². The van der Waals surface area contributed by atoms with Crippen molar-refractivity contribution in [3.63, 3.8) is 0 Å². The third-order valence-electron chi connectivity index (χ3n) is 5.94. The Bertz CT molecular complexity index is 1040. The summed E-state index contributed by atoms with van der Waals surface area (Å²) in [5, 5.41) is 1.69. The van der Waals surface area contributed by atoms with Crippen LogP contribution in [0, 0.1) is 0 Å². The van der Waals surface area contributed by atoms with E-state index < -0.39 is 0 Å². The maximum atomic E-state index is 13.6. The second kappa shape index (κ2) is 10.1. The van der Waals surface area contributed by atoms with Crippen LogP contribution in [0.15, 0.2) is 60.8 Å². The molecule has 6 heteroatoms. The molecule has 1 fully saturated rings. The van der Waals surface area contributed by atoms with Crippen molar-refractivity contribution in [1.82, 2.24) is 9.47 Å². The molecule has 3 nitrogen and oxygen atoms in total. The Hall–Kier alpha value is -1.94. The van der Waals surface area contributed by atoms with Crippen LogP contribution in [-0.4, -0.2) is 21.4 Å². The van der Waals surface area contributed by atoms with Crippen LogP contribution in [-0.2, 0) is 13.1 Å². The molecular weight excluding hydrogens is 451 g/mol. The van der Waals surface area contributed by atoms with Gasteiger partial charge in [-0.3, -0.25) is 4.79 Å². The first-order chi connectivity index (χ1) is 15.0. The van der Waals surface area contributed by atoms with Crippen LogP contribution in [0.1, 0.15) is 53.7 Å². The standard InChI is InChI=1S/C25H25Cl3N2O/c26-20-13-19(14-21(27)15-20)25(31)30(22-8-2-1-3-9-22)17-23-10-6-12-29(23)16-18-7-4-5-11-24(18)28/h4-7,10-15,22H,1-3,8-9,16-17H2. The van der Waals surface area contributed by atoms with Crippen LogP contribution >= 0.6 is 34.8 Å². The van der Waals surface area contributed by atoms with Gasteiger partial charge in [0.2, 0.25) is 0 Å². The predicted molar refractivity (Wildman–Crippen MR) is 128 cm³/mol. The lowest BCUT2D eigenvalue weighted by atomic mass is 9.93. The minimum absolute atomic E-state index is 0.0261. The summed E-state index contributed by atoms with van der Waals surface area (Å²) >= 11 is 18.8. The maximum absolute atomic E-state index is 13.6. The van der Waals surface area contributed by atoms with Crippen molar-refractivity contribution in [3.8, 4) is 0 Å². The average Bonchev–Trinajstić information content (AvgIpc) is 3.20. The zero-order chi connectivity index (χ0) is 21.8. The van der Waals surface area contributed by atoms with Crippen molar-refractivity contribution in [1.29, 1.82) is 0 Å². The fourth-order valence-electron chi connectivity index (χ4n) is 4.33. The number of hydrogen-bond acceptors (Lipinski definition) is 1. The summed E-state index contributed by atoms with van der Waals surface area (Å²) in [5.74, 6) is -0.0261. The summed E-state index contributed by atoms with van der Waals surface area (Å²) in [7, 11) is 0. The van der Waals surface area contributed by atoms with E-state index in [-0.39, 0.29) is 11.9 Å². The van der Waals surface area contributed by atoms with Gasteiger partial charge in [0, 0.05) is 45.1 Å². The lowest BCUT2D eigenvalue weighted by Crippen LogP contribution is -2.41. The SMILES string of the molecule is O=C(c1cc(Cl)cc(Cl)c1)N(Cc1cccn1Cc1ccccc1Cl)C1CCCCC1. The smallest absolute Gasteiger partial charge is 0.254 e. The third-order valence-corrected chi connectivity index (χ3v) is 6.75. The highest BCUT2D eigenvalue weighted by molar-refractivity contribution is 6.35. The molecule has 1 saturated carbocycles. The molecule has 0 atom stereocenters. The Morgan fingerprint density at radius 3 is 2.35 bits per heavy atom. The minimum Gasteiger partial charge on any atom is -0.345 e. The van der Waals surface area contributed by atoms with Crippen molar-refractivity contribution in [2.45, 2.75) is 51.2 Å². The Labute approximate surface area is 198 Å². The quantitative estimate of drug-likeness (QED) is 0.363. The molecule has 2 aromatic carbocycles. The Morgan fingerprint density at radius 1 is 0.935 bits per heavy atom. The van der Waals surface area contributed by atoms with Gasteiger partial charge in [0.1, 0.15) is 0 Å². The fraction of sp³-hybridized carbons (Fsp3) is 0.320. The molecule has 0 aliphatic heterocycles. The zero-order valence-electron chi connectivity index (χ0n) is 17.2. The molecule has 0 bridgehead atoms. The Balaban J connectivity index is 1.62. The molecule has 0 N–H and O–H groups in total. The molecule has 1 aromatic heterocycles. The van der Waals surface area contributed by atoms with E-state index in [4.69, 9.17) is 34.8 Å². The number of benzene rings is 2. The van der Waals surface area contributed by atoms with E-state index in [1.54, 1.807) is 18.2 Å². The van der Waals surface area contributed by atoms with E-state index in [1.807, 2.05) is 41.4 Å². The Morgan fingerprint density at radius 2 is 1.65 bits per heavy atom. The molecule has 0 spiro atoms. The van der Waals surface area contributed by atoms with Crippen molar-refractivity contribution < 1.29 is 4.79 Å². The average molecular weight is 476 g/mol. The number of hydrogen-bond donors (Lipinski definition) is 0. The number of nitrogens with zero attached hydrogens (tertiary/aromatic N) is 2. The fourth-order valence-corrected chi connectivity index (χ4v) is 5.06. The van der Waals surface area contributed by atoms with Gasteiger partial charge in [-0.25, -0.2) is 0 Å². The first-order valence-electron chi connectivity index (χ1n) is 10.7. The molecule has 162 valence electrons. The van der Waals surface area contributed by atoms with Gasteiger partial charge in [-0.1, -0.05) is 72.3 Å².